The van der Waals surface area contributed by atoms with Crippen molar-refractivity contribution >= 4 is 63.5 Å². The molecule has 2 N–H and O–H groups in total. The van der Waals surface area contributed by atoms with E-state index >= 15 is 0 Å². The zero-order valence-corrected chi connectivity index (χ0v) is 13.0. The van der Waals surface area contributed by atoms with Crippen molar-refractivity contribution in [2.45, 2.75) is 0 Å². The van der Waals surface area contributed by atoms with Crippen LogP contribution in [0.4, 0.5) is 15.8 Å². The molecular weight excluding hydrogens is 342 g/mol. The van der Waals surface area contributed by atoms with Crippen LogP contribution in [0.15, 0.2) is 36.4 Å². The Morgan fingerprint density at radius 2 is 1.60 bits per heavy atom. The van der Waals surface area contributed by atoms with Gasteiger partial charge in [-0.2, -0.15) is 0 Å². The van der Waals surface area contributed by atoms with Crippen LogP contribution in [0, 0.1) is 5.82 Å². The van der Waals surface area contributed by atoms with Gasteiger partial charge >= 0.3 is 0 Å². The summed E-state index contributed by atoms with van der Waals surface area (Å²) in [6, 6.07) is 8.94. The first-order valence-electron chi connectivity index (χ1n) is 5.43. The van der Waals surface area contributed by atoms with Crippen LogP contribution in [0.2, 0.25) is 15.1 Å². The highest BCUT2D eigenvalue weighted by molar-refractivity contribution is 7.80. The zero-order chi connectivity index (χ0) is 14.7. The second-order valence-corrected chi connectivity index (χ2v) is 5.55. The largest absolute Gasteiger partial charge is 0.332 e. The van der Waals surface area contributed by atoms with Gasteiger partial charge < -0.3 is 10.6 Å². The van der Waals surface area contributed by atoms with Gasteiger partial charge in [0.05, 0.1) is 10.7 Å². The average molecular weight is 350 g/mol. The molecule has 2 nitrogen and oxygen atoms in total. The molecule has 7 heteroatoms. The summed E-state index contributed by atoms with van der Waals surface area (Å²) >= 11 is 22.8. The molecule has 0 bridgehead atoms. The van der Waals surface area contributed by atoms with Gasteiger partial charge in [-0.15, -0.1) is 0 Å². The average Bonchev–Trinajstić information content (AvgIpc) is 2.31. The maximum Gasteiger partial charge on any atom is 0.175 e. The number of rotatable bonds is 2. The Hall–Kier alpha value is -1.07. The third-order valence-electron chi connectivity index (χ3n) is 2.30. The highest BCUT2D eigenvalue weighted by atomic mass is 35.5. The minimum atomic E-state index is -0.416. The quantitative estimate of drug-likeness (QED) is 0.691. The normalized spacial score (nSPS) is 10.2. The Morgan fingerprint density at radius 3 is 2.20 bits per heavy atom. The maximum absolute atomic E-state index is 12.9. The van der Waals surface area contributed by atoms with Gasteiger partial charge in [0, 0.05) is 15.7 Å². The molecule has 20 heavy (non-hydrogen) atoms. The molecular formula is C13H8Cl3FN2S. The number of hydrogen-bond donors (Lipinski definition) is 2. The molecule has 0 saturated carbocycles. The van der Waals surface area contributed by atoms with Gasteiger partial charge in [-0.3, -0.25) is 0 Å². The van der Waals surface area contributed by atoms with Gasteiger partial charge in [-0.05, 0) is 48.6 Å². The molecule has 0 aliphatic heterocycles. The molecule has 0 radical (unpaired) electrons. The molecule has 2 aromatic rings. The molecule has 0 amide bonds. The van der Waals surface area contributed by atoms with Crippen molar-refractivity contribution < 1.29 is 4.39 Å². The van der Waals surface area contributed by atoms with E-state index in [1.165, 1.54) is 18.2 Å². The van der Waals surface area contributed by atoms with Gasteiger partial charge in [-0.1, -0.05) is 34.8 Å². The van der Waals surface area contributed by atoms with Crippen molar-refractivity contribution in [1.82, 2.24) is 0 Å². The molecule has 0 spiro atoms. The molecule has 0 fully saturated rings. The third-order valence-corrected chi connectivity index (χ3v) is 3.25. The van der Waals surface area contributed by atoms with E-state index in [0.717, 1.165) is 0 Å². The summed E-state index contributed by atoms with van der Waals surface area (Å²) < 4.78 is 12.9. The van der Waals surface area contributed by atoms with Gasteiger partial charge in [0.2, 0.25) is 0 Å². The van der Waals surface area contributed by atoms with E-state index in [-0.39, 0.29) is 10.1 Å². The lowest BCUT2D eigenvalue weighted by Crippen LogP contribution is -2.19. The highest BCUT2D eigenvalue weighted by Gasteiger charge is 2.05. The van der Waals surface area contributed by atoms with Crippen LogP contribution in [0.5, 0.6) is 0 Å². The third kappa shape index (κ3) is 4.21. The molecule has 0 unspecified atom stereocenters. The van der Waals surface area contributed by atoms with Crippen molar-refractivity contribution in [2.24, 2.45) is 0 Å². The number of halogens is 4. The Balaban J connectivity index is 2.09. The molecule has 0 aliphatic rings. The molecule has 2 rings (SSSR count). The van der Waals surface area contributed by atoms with E-state index in [0.29, 0.717) is 21.4 Å². The lowest BCUT2D eigenvalue weighted by atomic mass is 10.3. The van der Waals surface area contributed by atoms with Crippen LogP contribution in [0.1, 0.15) is 0 Å². The fourth-order valence-electron chi connectivity index (χ4n) is 1.50. The zero-order valence-electron chi connectivity index (χ0n) is 9.88. The SMILES string of the molecule is Fc1ccc(NC(=S)Nc2cc(Cl)cc(Cl)c2)c(Cl)c1. The van der Waals surface area contributed by atoms with Gasteiger partial charge in [-0.25, -0.2) is 4.39 Å². The fraction of sp³-hybridized carbons (Fsp3) is 0. The molecule has 2 aromatic carbocycles. The molecule has 0 aliphatic carbocycles. The molecule has 104 valence electrons. The smallest absolute Gasteiger partial charge is 0.175 e. The van der Waals surface area contributed by atoms with Crippen LogP contribution in [0.3, 0.4) is 0 Å². The Kier molecular flexibility index (Phi) is 5.05. The summed E-state index contributed by atoms with van der Waals surface area (Å²) in [6.07, 6.45) is 0. The van der Waals surface area contributed by atoms with Gasteiger partial charge in [0.1, 0.15) is 5.82 Å². The highest BCUT2D eigenvalue weighted by Crippen LogP contribution is 2.24. The minimum absolute atomic E-state index is 0.235. The van der Waals surface area contributed by atoms with Gasteiger partial charge in [0.25, 0.3) is 0 Å². The molecule has 0 atom stereocenters. The summed E-state index contributed by atoms with van der Waals surface area (Å²) in [4.78, 5) is 0. The fourth-order valence-corrected chi connectivity index (χ4v) is 2.47. The van der Waals surface area contributed by atoms with E-state index in [1.54, 1.807) is 18.2 Å². The van der Waals surface area contributed by atoms with Crippen molar-refractivity contribution in [3.8, 4) is 0 Å². The lowest BCUT2D eigenvalue weighted by molar-refractivity contribution is 0.628. The number of nitrogens with one attached hydrogen (secondary N) is 2. The van der Waals surface area contributed by atoms with E-state index < -0.39 is 5.82 Å². The first-order valence-corrected chi connectivity index (χ1v) is 6.97. The van der Waals surface area contributed by atoms with E-state index in [2.05, 4.69) is 10.6 Å². The van der Waals surface area contributed by atoms with Crippen molar-refractivity contribution in [3.05, 3.63) is 57.3 Å². The predicted molar refractivity (Wildman–Crippen MR) is 87.7 cm³/mol. The van der Waals surface area contributed by atoms with E-state index in [1.807, 2.05) is 0 Å². The van der Waals surface area contributed by atoms with Crippen molar-refractivity contribution in [3.63, 3.8) is 0 Å². The van der Waals surface area contributed by atoms with E-state index in [9.17, 15) is 4.39 Å². The van der Waals surface area contributed by atoms with Crippen molar-refractivity contribution in [2.75, 3.05) is 10.6 Å². The Bertz CT molecular complexity index is 644. The maximum atomic E-state index is 12.9. The van der Waals surface area contributed by atoms with Crippen LogP contribution in [0.25, 0.3) is 0 Å². The van der Waals surface area contributed by atoms with Crippen LogP contribution in [-0.4, -0.2) is 5.11 Å². The van der Waals surface area contributed by atoms with Crippen molar-refractivity contribution in [1.29, 1.82) is 0 Å². The summed E-state index contributed by atoms with van der Waals surface area (Å²) in [5, 5.41) is 7.27. The lowest BCUT2D eigenvalue weighted by Gasteiger charge is -2.12. The summed E-state index contributed by atoms with van der Waals surface area (Å²) in [6.45, 7) is 0. The number of thiocarbonyl (C=S) groups is 1. The van der Waals surface area contributed by atoms with Crippen LogP contribution in [-0.2, 0) is 0 Å². The van der Waals surface area contributed by atoms with Crippen LogP contribution < -0.4 is 10.6 Å². The molecule has 0 aromatic heterocycles. The van der Waals surface area contributed by atoms with Crippen LogP contribution >= 0.6 is 47.0 Å². The Labute approximate surface area is 135 Å². The predicted octanol–water partition coefficient (Wildman–Crippen LogP) is 5.59. The van der Waals surface area contributed by atoms with Gasteiger partial charge in [0.15, 0.2) is 5.11 Å². The summed E-state index contributed by atoms with van der Waals surface area (Å²) in [5.41, 5.74) is 1.14. The summed E-state index contributed by atoms with van der Waals surface area (Å²) in [7, 11) is 0. The first kappa shape index (κ1) is 15.3. The first-order chi connectivity index (χ1) is 9.44. The minimum Gasteiger partial charge on any atom is -0.332 e. The van der Waals surface area contributed by atoms with E-state index in [4.69, 9.17) is 47.0 Å². The number of benzene rings is 2. The Morgan fingerprint density at radius 1 is 0.950 bits per heavy atom. The second kappa shape index (κ2) is 6.59. The number of anilines is 2. The standard InChI is InChI=1S/C13H8Cl3FN2S/c14-7-3-8(15)5-10(4-7)18-13(20)19-12-2-1-9(17)6-11(12)16/h1-6H,(H2,18,19,20). The molecule has 0 heterocycles. The summed E-state index contributed by atoms with van der Waals surface area (Å²) in [5.74, 6) is -0.416. The monoisotopic (exact) mass is 348 g/mol. The number of hydrogen-bond acceptors (Lipinski definition) is 1. The molecule has 0 saturated heterocycles. The second-order valence-electron chi connectivity index (χ2n) is 3.86. The topological polar surface area (TPSA) is 24.1 Å².